The second kappa shape index (κ2) is 5.20. The van der Waals surface area contributed by atoms with E-state index in [1.165, 1.54) is 12.1 Å². The number of ether oxygens (including phenoxy) is 1. The Morgan fingerprint density at radius 1 is 1.25 bits per heavy atom. The van der Waals surface area contributed by atoms with E-state index in [-0.39, 0.29) is 22.5 Å². The summed E-state index contributed by atoms with van der Waals surface area (Å²) in [7, 11) is -1.46. The Balaban J connectivity index is 2.29. The van der Waals surface area contributed by atoms with Gasteiger partial charge in [-0.05, 0) is 43.5 Å². The SMILES string of the molecule is Cc1c(OC2CCS(=O)(=O)C2)ccc(S(=O)(=O)Cl)c1C. The average molecular weight is 339 g/mol. The standard InChI is InChI=1S/C12H15ClO5S2/c1-8-9(2)12(20(13,16)17)4-3-11(8)18-10-5-6-19(14,15)7-10/h3-4,10H,5-7H2,1-2H3. The monoisotopic (exact) mass is 338 g/mol. The molecular formula is C12H15ClO5S2. The van der Waals surface area contributed by atoms with Crippen LogP contribution in [0.2, 0.25) is 0 Å². The van der Waals surface area contributed by atoms with Gasteiger partial charge in [0.25, 0.3) is 9.05 Å². The van der Waals surface area contributed by atoms with Crippen molar-refractivity contribution >= 4 is 29.6 Å². The molecule has 1 aliphatic heterocycles. The lowest BCUT2D eigenvalue weighted by atomic mass is 10.1. The highest BCUT2D eigenvalue weighted by molar-refractivity contribution is 8.13. The van der Waals surface area contributed by atoms with Crippen LogP contribution in [0.25, 0.3) is 0 Å². The summed E-state index contributed by atoms with van der Waals surface area (Å²) in [6, 6.07) is 2.89. The molecule has 1 saturated heterocycles. The number of benzene rings is 1. The maximum Gasteiger partial charge on any atom is 0.261 e. The van der Waals surface area contributed by atoms with Crippen LogP contribution < -0.4 is 4.74 Å². The normalized spacial score (nSPS) is 21.9. The molecule has 0 bridgehead atoms. The van der Waals surface area contributed by atoms with E-state index >= 15 is 0 Å². The number of rotatable bonds is 3. The Morgan fingerprint density at radius 2 is 1.90 bits per heavy atom. The van der Waals surface area contributed by atoms with Crippen molar-refractivity contribution in [3.63, 3.8) is 0 Å². The minimum Gasteiger partial charge on any atom is -0.489 e. The summed E-state index contributed by atoms with van der Waals surface area (Å²) in [5.41, 5.74) is 1.16. The second-order valence-electron chi connectivity index (χ2n) is 4.89. The van der Waals surface area contributed by atoms with Crippen LogP contribution in [0.5, 0.6) is 5.75 Å². The van der Waals surface area contributed by atoms with Gasteiger partial charge in [0.2, 0.25) is 0 Å². The predicted octanol–water partition coefficient (Wildman–Crippen LogP) is 1.80. The van der Waals surface area contributed by atoms with E-state index in [1.54, 1.807) is 13.8 Å². The molecule has 5 nitrogen and oxygen atoms in total. The lowest BCUT2D eigenvalue weighted by Gasteiger charge is -2.16. The molecule has 20 heavy (non-hydrogen) atoms. The van der Waals surface area contributed by atoms with Gasteiger partial charge in [0.15, 0.2) is 9.84 Å². The molecule has 0 aliphatic carbocycles. The van der Waals surface area contributed by atoms with Crippen molar-refractivity contribution in [3.05, 3.63) is 23.3 Å². The van der Waals surface area contributed by atoms with Gasteiger partial charge < -0.3 is 4.74 Å². The smallest absolute Gasteiger partial charge is 0.261 e. The highest BCUT2D eigenvalue weighted by atomic mass is 35.7. The zero-order chi connectivity index (χ0) is 15.1. The molecule has 1 aliphatic rings. The number of sulfone groups is 1. The predicted molar refractivity (Wildman–Crippen MR) is 76.6 cm³/mol. The summed E-state index contributed by atoms with van der Waals surface area (Å²) in [6.45, 7) is 3.36. The molecule has 0 N–H and O–H groups in total. The first-order valence-electron chi connectivity index (χ1n) is 6.02. The van der Waals surface area contributed by atoms with Crippen LogP contribution >= 0.6 is 10.7 Å². The molecule has 1 aromatic carbocycles. The third-order valence-electron chi connectivity index (χ3n) is 3.43. The molecule has 8 heteroatoms. The van der Waals surface area contributed by atoms with Crippen molar-refractivity contribution in [2.24, 2.45) is 0 Å². The van der Waals surface area contributed by atoms with Crippen LogP contribution in [0.15, 0.2) is 17.0 Å². The van der Waals surface area contributed by atoms with Crippen molar-refractivity contribution in [3.8, 4) is 5.75 Å². The molecule has 1 atom stereocenters. The van der Waals surface area contributed by atoms with Crippen molar-refractivity contribution in [1.29, 1.82) is 0 Å². The van der Waals surface area contributed by atoms with Crippen molar-refractivity contribution in [2.75, 3.05) is 11.5 Å². The highest BCUT2D eigenvalue weighted by Gasteiger charge is 2.30. The summed E-state index contributed by atoms with van der Waals surface area (Å²) >= 11 is 0. The Labute approximate surface area is 123 Å². The van der Waals surface area contributed by atoms with Crippen molar-refractivity contribution in [1.82, 2.24) is 0 Å². The van der Waals surface area contributed by atoms with E-state index in [9.17, 15) is 16.8 Å². The number of hydrogen-bond acceptors (Lipinski definition) is 5. The third kappa shape index (κ3) is 3.27. The molecule has 0 saturated carbocycles. The molecule has 0 aromatic heterocycles. The van der Waals surface area contributed by atoms with Gasteiger partial charge in [0.1, 0.15) is 11.9 Å². The first-order chi connectivity index (χ1) is 9.10. The van der Waals surface area contributed by atoms with Gasteiger partial charge >= 0.3 is 0 Å². The van der Waals surface area contributed by atoms with E-state index < -0.39 is 18.9 Å². The molecule has 1 fully saturated rings. The molecule has 0 spiro atoms. The van der Waals surface area contributed by atoms with Crippen LogP contribution in [0, 0.1) is 13.8 Å². The summed E-state index contributed by atoms with van der Waals surface area (Å²) in [5.74, 6) is 0.624. The zero-order valence-corrected chi connectivity index (χ0v) is 13.5. The van der Waals surface area contributed by atoms with Gasteiger partial charge in [0.05, 0.1) is 16.4 Å². The van der Waals surface area contributed by atoms with Crippen molar-refractivity contribution < 1.29 is 21.6 Å². The van der Waals surface area contributed by atoms with E-state index in [0.29, 0.717) is 23.3 Å². The summed E-state index contributed by atoms with van der Waals surface area (Å²) in [6.07, 6.45) is 0.0766. The van der Waals surface area contributed by atoms with Crippen LogP contribution in [0.4, 0.5) is 0 Å². The summed E-state index contributed by atoms with van der Waals surface area (Å²) in [4.78, 5) is 0.0445. The molecule has 112 valence electrons. The Hall–Kier alpha value is -0.790. The molecule has 2 rings (SSSR count). The maximum atomic E-state index is 11.4. The minimum absolute atomic E-state index is 0.00104. The minimum atomic E-state index is -3.80. The fraction of sp³-hybridized carbons (Fsp3) is 0.500. The van der Waals surface area contributed by atoms with Crippen LogP contribution in [-0.4, -0.2) is 34.4 Å². The highest BCUT2D eigenvalue weighted by Crippen LogP contribution is 2.30. The first-order valence-corrected chi connectivity index (χ1v) is 10.2. The Kier molecular flexibility index (Phi) is 4.05. The van der Waals surface area contributed by atoms with Gasteiger partial charge in [-0.2, -0.15) is 0 Å². The van der Waals surface area contributed by atoms with Gasteiger partial charge in [-0.3, -0.25) is 0 Å². The topological polar surface area (TPSA) is 77.5 Å². The lowest BCUT2D eigenvalue weighted by Crippen LogP contribution is -2.18. The van der Waals surface area contributed by atoms with Gasteiger partial charge in [-0.25, -0.2) is 16.8 Å². The molecular weight excluding hydrogens is 324 g/mol. The summed E-state index contributed by atoms with van der Waals surface area (Å²) in [5, 5.41) is 0. The number of hydrogen-bond donors (Lipinski definition) is 0. The quantitative estimate of drug-likeness (QED) is 0.785. The maximum absolute atomic E-state index is 11.4. The van der Waals surface area contributed by atoms with E-state index in [1.807, 2.05) is 0 Å². The Morgan fingerprint density at radius 3 is 2.40 bits per heavy atom. The van der Waals surface area contributed by atoms with Crippen LogP contribution in [0.3, 0.4) is 0 Å². The van der Waals surface area contributed by atoms with Gasteiger partial charge in [-0.15, -0.1) is 0 Å². The molecule has 0 amide bonds. The molecule has 0 radical (unpaired) electrons. The van der Waals surface area contributed by atoms with Crippen LogP contribution in [-0.2, 0) is 18.9 Å². The number of halogens is 1. The largest absolute Gasteiger partial charge is 0.489 e. The zero-order valence-electron chi connectivity index (χ0n) is 11.1. The lowest BCUT2D eigenvalue weighted by molar-refractivity contribution is 0.227. The van der Waals surface area contributed by atoms with Crippen molar-refractivity contribution in [2.45, 2.75) is 31.3 Å². The fourth-order valence-electron chi connectivity index (χ4n) is 2.20. The molecule has 1 heterocycles. The third-order valence-corrected chi connectivity index (χ3v) is 6.64. The summed E-state index contributed by atoms with van der Waals surface area (Å²) < 4.78 is 51.2. The van der Waals surface area contributed by atoms with Gasteiger partial charge in [0, 0.05) is 10.7 Å². The van der Waals surface area contributed by atoms with Gasteiger partial charge in [-0.1, -0.05) is 0 Å². The average Bonchev–Trinajstić information content (AvgIpc) is 2.63. The Bertz CT molecular complexity index is 737. The van der Waals surface area contributed by atoms with E-state index in [2.05, 4.69) is 0 Å². The van der Waals surface area contributed by atoms with E-state index in [0.717, 1.165) is 0 Å². The second-order valence-corrected chi connectivity index (χ2v) is 9.66. The molecule has 1 unspecified atom stereocenters. The fourth-order valence-corrected chi connectivity index (χ4v) is 5.04. The van der Waals surface area contributed by atoms with E-state index in [4.69, 9.17) is 15.4 Å². The van der Waals surface area contributed by atoms with Crippen LogP contribution in [0.1, 0.15) is 17.5 Å². The molecule has 1 aromatic rings. The first kappa shape index (κ1) is 15.6.